The van der Waals surface area contributed by atoms with E-state index >= 15 is 0 Å². The highest BCUT2D eigenvalue weighted by molar-refractivity contribution is 7.09. The number of benzene rings is 1. The molecule has 132 valence electrons. The first-order chi connectivity index (χ1) is 12.1. The highest BCUT2D eigenvalue weighted by Crippen LogP contribution is 2.25. The summed E-state index contributed by atoms with van der Waals surface area (Å²) >= 11 is 1.42. The molecule has 0 aliphatic carbocycles. The average molecular weight is 358 g/mol. The lowest BCUT2D eigenvalue weighted by atomic mass is 9.98. The number of amides is 1. The Morgan fingerprint density at radius 1 is 1.36 bits per heavy atom. The third-order valence-electron chi connectivity index (χ3n) is 4.25. The van der Waals surface area contributed by atoms with Crippen LogP contribution in [-0.2, 0) is 11.3 Å². The van der Waals surface area contributed by atoms with E-state index < -0.39 is 0 Å². The molecule has 2 unspecified atom stereocenters. The first-order valence-electron chi connectivity index (χ1n) is 8.31. The molecule has 0 aliphatic heterocycles. The lowest BCUT2D eigenvalue weighted by Crippen LogP contribution is -2.33. The van der Waals surface area contributed by atoms with Crippen molar-refractivity contribution in [3.8, 4) is 0 Å². The van der Waals surface area contributed by atoms with Crippen LogP contribution in [-0.4, -0.2) is 28.0 Å². The molecule has 2 atom stereocenters. The summed E-state index contributed by atoms with van der Waals surface area (Å²) in [6, 6.07) is 7.67. The lowest BCUT2D eigenvalue weighted by molar-refractivity contribution is 0.0915. The Bertz CT molecular complexity index is 825. The number of methoxy groups -OCH3 is 1. The number of aromatic nitrogens is 3. The average Bonchev–Trinajstić information content (AvgIpc) is 3.25. The van der Waals surface area contributed by atoms with Crippen LogP contribution in [0.3, 0.4) is 0 Å². The molecular formula is C18H22N4O2S. The minimum atomic E-state index is -0.197. The van der Waals surface area contributed by atoms with Gasteiger partial charge >= 0.3 is 0 Å². The summed E-state index contributed by atoms with van der Waals surface area (Å²) < 4.78 is 5.06. The second-order valence-corrected chi connectivity index (χ2v) is 6.98. The molecule has 2 heterocycles. The second-order valence-electron chi connectivity index (χ2n) is 6.04. The molecule has 25 heavy (non-hydrogen) atoms. The molecule has 0 saturated heterocycles. The maximum Gasteiger partial charge on any atom is 0.271 e. The van der Waals surface area contributed by atoms with E-state index in [1.54, 1.807) is 12.5 Å². The molecule has 0 fully saturated rings. The summed E-state index contributed by atoms with van der Waals surface area (Å²) in [6.07, 6.45) is 0.925. The topological polar surface area (TPSA) is 79.9 Å². The van der Waals surface area contributed by atoms with Gasteiger partial charge in [0.1, 0.15) is 16.5 Å². The Balaban J connectivity index is 1.84. The molecule has 3 aromatic rings. The molecule has 6 nitrogen and oxygen atoms in total. The molecule has 1 aromatic carbocycles. The lowest BCUT2D eigenvalue weighted by Gasteiger charge is -2.22. The van der Waals surface area contributed by atoms with Crippen molar-refractivity contribution in [2.24, 2.45) is 5.92 Å². The standard InChI is InChI=1S/C18H22N4O2S/c1-4-11(2)16(17-20-12-7-5-6-8-13(12)21-17)22-18(23)14-10-25-15(19-14)9-24-3/h5-8,10-11,16H,4,9H2,1-3H3,(H,20,21)(H,22,23). The van der Waals surface area contributed by atoms with Crippen LogP contribution in [0.25, 0.3) is 11.0 Å². The van der Waals surface area contributed by atoms with Crippen LogP contribution in [0.15, 0.2) is 29.6 Å². The van der Waals surface area contributed by atoms with Gasteiger partial charge in [0.05, 0.1) is 23.7 Å². The number of nitrogens with zero attached hydrogens (tertiary/aromatic N) is 2. The predicted octanol–water partition coefficient (Wildman–Crippen LogP) is 3.68. The zero-order valence-corrected chi connectivity index (χ0v) is 15.4. The Morgan fingerprint density at radius 2 is 2.16 bits per heavy atom. The van der Waals surface area contributed by atoms with Crippen LogP contribution < -0.4 is 5.32 Å². The first kappa shape index (κ1) is 17.6. The number of para-hydroxylation sites is 2. The van der Waals surface area contributed by atoms with E-state index in [9.17, 15) is 4.79 Å². The number of carbonyl (C=O) groups excluding carboxylic acids is 1. The van der Waals surface area contributed by atoms with Crippen LogP contribution in [0.4, 0.5) is 0 Å². The van der Waals surface area contributed by atoms with E-state index in [2.05, 4.69) is 34.1 Å². The number of rotatable bonds is 7. The Labute approximate surface area is 150 Å². The van der Waals surface area contributed by atoms with Crippen molar-refractivity contribution in [3.05, 3.63) is 46.2 Å². The van der Waals surface area contributed by atoms with E-state index in [1.807, 2.05) is 24.3 Å². The molecule has 0 bridgehead atoms. The van der Waals surface area contributed by atoms with Crippen molar-refractivity contribution in [3.63, 3.8) is 0 Å². The number of ether oxygens (including phenoxy) is 1. The van der Waals surface area contributed by atoms with Gasteiger partial charge in [0, 0.05) is 12.5 Å². The number of fused-ring (bicyclic) bond motifs is 1. The van der Waals surface area contributed by atoms with Gasteiger partial charge in [-0.1, -0.05) is 32.4 Å². The third kappa shape index (κ3) is 3.88. The number of H-pyrrole nitrogens is 1. The summed E-state index contributed by atoms with van der Waals surface area (Å²) in [5, 5.41) is 5.64. The Kier molecular flexibility index (Phi) is 5.45. The van der Waals surface area contributed by atoms with Gasteiger partial charge in [0.2, 0.25) is 0 Å². The molecule has 7 heteroatoms. The molecular weight excluding hydrogens is 336 g/mol. The number of hydrogen-bond donors (Lipinski definition) is 2. The van der Waals surface area contributed by atoms with E-state index in [1.165, 1.54) is 11.3 Å². The van der Waals surface area contributed by atoms with E-state index in [-0.39, 0.29) is 17.9 Å². The molecule has 1 amide bonds. The highest BCUT2D eigenvalue weighted by Gasteiger charge is 2.25. The summed E-state index contributed by atoms with van der Waals surface area (Å²) in [5.74, 6) is 0.821. The van der Waals surface area contributed by atoms with Crippen LogP contribution in [0.5, 0.6) is 0 Å². The van der Waals surface area contributed by atoms with Gasteiger partial charge in [-0.15, -0.1) is 11.3 Å². The summed E-state index contributed by atoms with van der Waals surface area (Å²) in [7, 11) is 1.61. The maximum atomic E-state index is 12.6. The smallest absolute Gasteiger partial charge is 0.271 e. The third-order valence-corrected chi connectivity index (χ3v) is 5.08. The minimum absolute atomic E-state index is 0.190. The molecule has 3 rings (SSSR count). The highest BCUT2D eigenvalue weighted by atomic mass is 32.1. The van der Waals surface area contributed by atoms with Crippen molar-refractivity contribution >= 4 is 28.3 Å². The monoisotopic (exact) mass is 358 g/mol. The SMILES string of the molecule is CCC(C)C(NC(=O)c1csc(COC)n1)c1nc2ccccc2[nH]1. The zero-order valence-electron chi connectivity index (χ0n) is 14.6. The van der Waals surface area contributed by atoms with Gasteiger partial charge in [-0.05, 0) is 18.1 Å². The van der Waals surface area contributed by atoms with E-state index in [0.717, 1.165) is 28.3 Å². The fourth-order valence-corrected chi connectivity index (χ4v) is 3.40. The van der Waals surface area contributed by atoms with E-state index in [0.29, 0.717) is 12.3 Å². The molecule has 0 aliphatic rings. The van der Waals surface area contributed by atoms with E-state index in [4.69, 9.17) is 4.74 Å². The van der Waals surface area contributed by atoms with Gasteiger partial charge < -0.3 is 15.0 Å². The van der Waals surface area contributed by atoms with Crippen molar-refractivity contribution in [2.45, 2.75) is 32.9 Å². The molecule has 0 radical (unpaired) electrons. The molecule has 2 N–H and O–H groups in total. The molecule has 2 aromatic heterocycles. The zero-order chi connectivity index (χ0) is 17.8. The Hall–Kier alpha value is -2.25. The second kappa shape index (κ2) is 7.76. The number of nitrogens with one attached hydrogen (secondary N) is 2. The minimum Gasteiger partial charge on any atom is -0.378 e. The summed E-state index contributed by atoms with van der Waals surface area (Å²) in [6.45, 7) is 4.62. The maximum absolute atomic E-state index is 12.6. The van der Waals surface area contributed by atoms with Gasteiger partial charge in [0.25, 0.3) is 5.91 Å². The predicted molar refractivity (Wildman–Crippen MR) is 98.6 cm³/mol. The number of carbonyl (C=O) groups is 1. The van der Waals surface area contributed by atoms with Crippen molar-refractivity contribution in [1.29, 1.82) is 0 Å². The molecule has 0 spiro atoms. The summed E-state index contributed by atoms with van der Waals surface area (Å²) in [5.41, 5.74) is 2.29. The van der Waals surface area contributed by atoms with Crippen LogP contribution >= 0.6 is 11.3 Å². The summed E-state index contributed by atoms with van der Waals surface area (Å²) in [4.78, 5) is 24.9. The van der Waals surface area contributed by atoms with Crippen molar-refractivity contribution < 1.29 is 9.53 Å². The molecule has 0 saturated carbocycles. The van der Waals surface area contributed by atoms with Crippen molar-refractivity contribution in [1.82, 2.24) is 20.3 Å². The normalized spacial score (nSPS) is 13.7. The number of thiazole rings is 1. The first-order valence-corrected chi connectivity index (χ1v) is 9.19. The van der Waals surface area contributed by atoms with Crippen LogP contribution in [0.1, 0.15) is 47.6 Å². The Morgan fingerprint density at radius 3 is 2.88 bits per heavy atom. The van der Waals surface area contributed by atoms with Crippen molar-refractivity contribution in [2.75, 3.05) is 7.11 Å². The van der Waals surface area contributed by atoms with Gasteiger partial charge in [-0.3, -0.25) is 4.79 Å². The fraction of sp³-hybridized carbons (Fsp3) is 0.389. The van der Waals surface area contributed by atoms with Crippen LogP contribution in [0, 0.1) is 5.92 Å². The fourth-order valence-electron chi connectivity index (χ4n) is 2.66. The number of aromatic amines is 1. The van der Waals surface area contributed by atoms with Gasteiger partial charge in [-0.2, -0.15) is 0 Å². The van der Waals surface area contributed by atoms with Gasteiger partial charge in [0.15, 0.2) is 0 Å². The number of hydrogen-bond acceptors (Lipinski definition) is 5. The number of imidazole rings is 1. The quantitative estimate of drug-likeness (QED) is 0.675. The van der Waals surface area contributed by atoms with Crippen LogP contribution in [0.2, 0.25) is 0 Å². The van der Waals surface area contributed by atoms with Gasteiger partial charge in [-0.25, -0.2) is 9.97 Å². The largest absolute Gasteiger partial charge is 0.378 e.